The number of aromatic nitrogens is 2. The number of hydrogen-bond donors (Lipinski definition) is 1. The average Bonchev–Trinajstić information content (AvgIpc) is 2.73. The molecule has 1 heterocycles. The Morgan fingerprint density at radius 1 is 1.39 bits per heavy atom. The third-order valence-corrected chi connectivity index (χ3v) is 4.13. The highest BCUT2D eigenvalue weighted by atomic mass is 35.5. The maximum atomic E-state index is 11.9. The topological polar surface area (TPSA) is 58.1 Å². The summed E-state index contributed by atoms with van der Waals surface area (Å²) < 4.78 is 1.25. The standard InChI is InChI=1S/C12H18ClN3O2/c1-15(2)12(5-3-4-6-12)8-16-10(17)7-9(13)14-11(16)18/h7H,3-6,8H2,1-2H3,(H,14,18). The molecule has 0 atom stereocenters. The van der Waals surface area contributed by atoms with Gasteiger partial charge in [0.15, 0.2) is 0 Å². The molecule has 2 rings (SSSR count). The van der Waals surface area contributed by atoms with E-state index in [1.165, 1.54) is 10.6 Å². The summed E-state index contributed by atoms with van der Waals surface area (Å²) in [5, 5.41) is 0.0894. The third kappa shape index (κ3) is 2.37. The van der Waals surface area contributed by atoms with Crippen molar-refractivity contribution in [2.75, 3.05) is 14.1 Å². The molecule has 0 unspecified atom stereocenters. The Morgan fingerprint density at radius 3 is 2.50 bits per heavy atom. The van der Waals surface area contributed by atoms with Crippen molar-refractivity contribution in [1.29, 1.82) is 0 Å². The number of aromatic amines is 1. The summed E-state index contributed by atoms with van der Waals surface area (Å²) in [6.45, 7) is 0.422. The van der Waals surface area contributed by atoms with Gasteiger partial charge in [0.1, 0.15) is 5.15 Å². The summed E-state index contributed by atoms with van der Waals surface area (Å²) >= 11 is 5.66. The minimum atomic E-state index is -0.430. The fourth-order valence-electron chi connectivity index (χ4n) is 2.72. The van der Waals surface area contributed by atoms with E-state index in [0.29, 0.717) is 6.54 Å². The number of halogens is 1. The molecule has 100 valence electrons. The van der Waals surface area contributed by atoms with E-state index >= 15 is 0 Å². The average molecular weight is 272 g/mol. The lowest BCUT2D eigenvalue weighted by molar-refractivity contribution is 0.130. The van der Waals surface area contributed by atoms with Gasteiger partial charge in [0.25, 0.3) is 5.56 Å². The molecule has 1 N–H and O–H groups in total. The summed E-state index contributed by atoms with van der Waals surface area (Å²) in [4.78, 5) is 28.3. The number of rotatable bonds is 3. The number of hydrogen-bond acceptors (Lipinski definition) is 3. The SMILES string of the molecule is CN(C)C1(Cn2c(=O)cc(Cl)[nH]c2=O)CCCC1. The molecule has 1 fully saturated rings. The van der Waals surface area contributed by atoms with E-state index in [1.807, 2.05) is 14.1 Å². The number of likely N-dealkylation sites (N-methyl/N-ethyl adjacent to an activating group) is 1. The zero-order valence-corrected chi connectivity index (χ0v) is 11.5. The smallest absolute Gasteiger partial charge is 0.302 e. The van der Waals surface area contributed by atoms with E-state index < -0.39 is 5.69 Å². The molecule has 0 saturated heterocycles. The molecule has 0 spiro atoms. The normalized spacial score (nSPS) is 18.4. The summed E-state index contributed by atoms with van der Waals surface area (Å²) in [6.07, 6.45) is 4.29. The molecule has 1 aliphatic carbocycles. The van der Waals surface area contributed by atoms with Crippen LogP contribution < -0.4 is 11.2 Å². The van der Waals surface area contributed by atoms with Gasteiger partial charge in [-0.05, 0) is 26.9 Å². The van der Waals surface area contributed by atoms with E-state index in [0.717, 1.165) is 25.7 Å². The molecule has 0 amide bonds. The molecular weight excluding hydrogens is 254 g/mol. The number of nitrogens with one attached hydrogen (secondary N) is 1. The van der Waals surface area contributed by atoms with E-state index in [-0.39, 0.29) is 16.3 Å². The highest BCUT2D eigenvalue weighted by molar-refractivity contribution is 6.29. The molecule has 5 nitrogen and oxygen atoms in total. The molecule has 6 heteroatoms. The predicted octanol–water partition coefficient (Wildman–Crippen LogP) is 1.06. The number of H-pyrrole nitrogens is 1. The Labute approximate surface area is 110 Å². The molecule has 1 aliphatic rings. The van der Waals surface area contributed by atoms with Crippen molar-refractivity contribution in [3.05, 3.63) is 32.1 Å². The first-order valence-corrected chi connectivity index (χ1v) is 6.49. The lowest BCUT2D eigenvalue weighted by atomic mass is 9.96. The van der Waals surface area contributed by atoms with Crippen LogP contribution in [0.2, 0.25) is 5.15 Å². The molecule has 0 radical (unpaired) electrons. The van der Waals surface area contributed by atoms with Gasteiger partial charge in [-0.25, -0.2) is 4.79 Å². The van der Waals surface area contributed by atoms with Crippen LogP contribution in [0.4, 0.5) is 0 Å². The summed E-state index contributed by atoms with van der Waals surface area (Å²) in [6, 6.07) is 1.25. The van der Waals surface area contributed by atoms with Crippen LogP contribution in [-0.2, 0) is 6.54 Å². The number of nitrogens with zero attached hydrogens (tertiary/aromatic N) is 2. The Hall–Kier alpha value is -1.07. The van der Waals surface area contributed by atoms with Crippen LogP contribution in [0, 0.1) is 0 Å². The maximum Gasteiger partial charge on any atom is 0.329 e. The van der Waals surface area contributed by atoms with Crippen LogP contribution in [0.3, 0.4) is 0 Å². The van der Waals surface area contributed by atoms with Crippen molar-refractivity contribution >= 4 is 11.6 Å². The Balaban J connectivity index is 2.39. The van der Waals surface area contributed by atoms with Gasteiger partial charge in [-0.2, -0.15) is 0 Å². The summed E-state index contributed by atoms with van der Waals surface area (Å²) in [5.41, 5.74) is -0.859. The largest absolute Gasteiger partial charge is 0.329 e. The second kappa shape index (κ2) is 4.90. The zero-order chi connectivity index (χ0) is 13.3. The first-order chi connectivity index (χ1) is 8.44. The van der Waals surface area contributed by atoms with Crippen molar-refractivity contribution < 1.29 is 0 Å². The van der Waals surface area contributed by atoms with Crippen molar-refractivity contribution in [1.82, 2.24) is 14.5 Å². The van der Waals surface area contributed by atoms with E-state index in [2.05, 4.69) is 9.88 Å². The fourth-order valence-corrected chi connectivity index (χ4v) is 2.89. The van der Waals surface area contributed by atoms with Gasteiger partial charge in [0.2, 0.25) is 0 Å². The van der Waals surface area contributed by atoms with Gasteiger partial charge in [-0.3, -0.25) is 14.3 Å². The van der Waals surface area contributed by atoms with Gasteiger partial charge in [0.05, 0.1) is 0 Å². The minimum Gasteiger partial charge on any atom is -0.302 e. The molecule has 1 aromatic heterocycles. The van der Waals surface area contributed by atoms with Crippen molar-refractivity contribution in [3.8, 4) is 0 Å². The highest BCUT2D eigenvalue weighted by Gasteiger charge is 2.37. The van der Waals surface area contributed by atoms with Crippen LogP contribution >= 0.6 is 11.6 Å². The molecule has 0 aliphatic heterocycles. The molecule has 0 bridgehead atoms. The Bertz CT molecular complexity index is 510. The highest BCUT2D eigenvalue weighted by Crippen LogP contribution is 2.34. The summed E-state index contributed by atoms with van der Waals surface area (Å²) in [7, 11) is 4.00. The molecule has 1 aromatic rings. The predicted molar refractivity (Wildman–Crippen MR) is 71.2 cm³/mol. The fraction of sp³-hybridized carbons (Fsp3) is 0.667. The Morgan fingerprint density at radius 2 is 2.00 bits per heavy atom. The first-order valence-electron chi connectivity index (χ1n) is 6.12. The molecule has 18 heavy (non-hydrogen) atoms. The van der Waals surface area contributed by atoms with Crippen LogP contribution in [-0.4, -0.2) is 34.1 Å². The van der Waals surface area contributed by atoms with Crippen LogP contribution in [0.5, 0.6) is 0 Å². The van der Waals surface area contributed by atoms with Gasteiger partial charge in [-0.1, -0.05) is 24.4 Å². The molecule has 1 saturated carbocycles. The van der Waals surface area contributed by atoms with E-state index in [4.69, 9.17) is 11.6 Å². The van der Waals surface area contributed by atoms with Gasteiger partial charge in [0, 0.05) is 18.2 Å². The first kappa shape index (κ1) is 13.4. The zero-order valence-electron chi connectivity index (χ0n) is 10.7. The maximum absolute atomic E-state index is 11.9. The van der Waals surface area contributed by atoms with Crippen molar-refractivity contribution in [2.24, 2.45) is 0 Å². The second-order valence-corrected chi connectivity index (χ2v) is 5.58. The van der Waals surface area contributed by atoms with Gasteiger partial charge >= 0.3 is 5.69 Å². The molecule has 0 aromatic carbocycles. The lowest BCUT2D eigenvalue weighted by Crippen LogP contribution is -2.50. The van der Waals surface area contributed by atoms with Crippen LogP contribution in [0.1, 0.15) is 25.7 Å². The van der Waals surface area contributed by atoms with Crippen molar-refractivity contribution in [2.45, 2.75) is 37.8 Å². The molecular formula is C12H18ClN3O2. The summed E-state index contributed by atoms with van der Waals surface area (Å²) in [5.74, 6) is 0. The van der Waals surface area contributed by atoms with E-state index in [9.17, 15) is 9.59 Å². The van der Waals surface area contributed by atoms with E-state index in [1.54, 1.807) is 0 Å². The minimum absolute atomic E-state index is 0.0894. The van der Waals surface area contributed by atoms with Crippen LogP contribution in [0.25, 0.3) is 0 Å². The quantitative estimate of drug-likeness (QED) is 0.837. The van der Waals surface area contributed by atoms with Gasteiger partial charge in [-0.15, -0.1) is 0 Å². The van der Waals surface area contributed by atoms with Crippen LogP contribution in [0.15, 0.2) is 15.7 Å². The second-order valence-electron chi connectivity index (χ2n) is 5.17. The lowest BCUT2D eigenvalue weighted by Gasteiger charge is -2.36. The van der Waals surface area contributed by atoms with Gasteiger partial charge < -0.3 is 4.90 Å². The monoisotopic (exact) mass is 271 g/mol. The Kier molecular flexibility index (Phi) is 3.64. The third-order valence-electron chi connectivity index (χ3n) is 3.92. The van der Waals surface area contributed by atoms with Crippen molar-refractivity contribution in [3.63, 3.8) is 0 Å².